The third-order valence-electron chi connectivity index (χ3n) is 3.53. The first-order valence-corrected chi connectivity index (χ1v) is 6.85. The Kier molecular flexibility index (Phi) is 4.97. The van der Waals surface area contributed by atoms with Gasteiger partial charge < -0.3 is 19.5 Å². The lowest BCUT2D eigenvalue weighted by Crippen LogP contribution is -2.48. The molecule has 0 amide bonds. The summed E-state index contributed by atoms with van der Waals surface area (Å²) >= 11 is 0. The highest BCUT2D eigenvalue weighted by Gasteiger charge is 2.21. The van der Waals surface area contributed by atoms with Crippen LogP contribution in [0, 0.1) is 0 Å². The third-order valence-corrected chi connectivity index (χ3v) is 3.53. The monoisotopic (exact) mass is 281 g/mol. The van der Waals surface area contributed by atoms with Gasteiger partial charge in [-0.15, -0.1) is 0 Å². The summed E-state index contributed by atoms with van der Waals surface area (Å²) < 4.78 is 5.17. The Morgan fingerprint density at radius 1 is 1.35 bits per heavy atom. The second kappa shape index (κ2) is 6.71. The van der Waals surface area contributed by atoms with E-state index in [4.69, 9.17) is 4.74 Å². The summed E-state index contributed by atoms with van der Waals surface area (Å²) in [5, 5.41) is 0. The number of likely N-dealkylation sites (N-methyl/N-ethyl adjacent to an activating group) is 1. The van der Waals surface area contributed by atoms with Gasteiger partial charge in [-0.1, -0.05) is 0 Å². The lowest BCUT2D eigenvalue weighted by atomic mass is 10.3. The molecule has 0 atom stereocenters. The summed E-state index contributed by atoms with van der Waals surface area (Å²) in [6.07, 6.45) is 1.43. The maximum Gasteiger partial charge on any atom is 0.295 e. The number of hydrogen-bond acceptors (Lipinski definition) is 6. The molecule has 1 saturated heterocycles. The summed E-state index contributed by atoms with van der Waals surface area (Å²) in [6.45, 7) is 5.81. The molecule has 0 aromatic carbocycles. The third kappa shape index (κ3) is 3.49. The molecule has 20 heavy (non-hydrogen) atoms. The predicted molar refractivity (Wildman–Crippen MR) is 78.6 cm³/mol. The van der Waals surface area contributed by atoms with Gasteiger partial charge in [0.2, 0.25) is 5.75 Å². The molecule has 1 fully saturated rings. The molecular weight excluding hydrogens is 258 g/mol. The molecular formula is C13H23N5O2. The molecule has 0 unspecified atom stereocenters. The van der Waals surface area contributed by atoms with Crippen LogP contribution >= 0.6 is 0 Å². The first-order valence-electron chi connectivity index (χ1n) is 6.85. The number of anilines is 1. The van der Waals surface area contributed by atoms with Crippen LogP contribution in [0.2, 0.25) is 0 Å². The molecule has 112 valence electrons. The van der Waals surface area contributed by atoms with E-state index >= 15 is 0 Å². The van der Waals surface area contributed by atoms with Gasteiger partial charge >= 0.3 is 0 Å². The minimum Gasteiger partial charge on any atom is -0.489 e. The van der Waals surface area contributed by atoms with Gasteiger partial charge in [-0.3, -0.25) is 9.69 Å². The van der Waals surface area contributed by atoms with E-state index in [1.165, 1.54) is 13.4 Å². The Hall–Kier alpha value is -1.60. The molecule has 1 aliphatic rings. The van der Waals surface area contributed by atoms with E-state index < -0.39 is 0 Å². The molecule has 0 saturated carbocycles. The fourth-order valence-electron chi connectivity index (χ4n) is 2.31. The minimum atomic E-state index is -0.229. The van der Waals surface area contributed by atoms with E-state index in [0.717, 1.165) is 39.3 Å². The first kappa shape index (κ1) is 14.8. The van der Waals surface area contributed by atoms with Crippen molar-refractivity contribution in [3.8, 4) is 5.75 Å². The molecule has 1 N–H and O–H groups in total. The van der Waals surface area contributed by atoms with Crippen LogP contribution in [0.5, 0.6) is 5.75 Å². The number of aromatic nitrogens is 2. The zero-order chi connectivity index (χ0) is 14.5. The average molecular weight is 281 g/mol. The topological polar surface area (TPSA) is 64.7 Å². The number of nitrogens with zero attached hydrogens (tertiary/aromatic N) is 4. The summed E-state index contributed by atoms with van der Waals surface area (Å²) in [5.41, 5.74) is -0.229. The number of piperazine rings is 1. The quantitative estimate of drug-likeness (QED) is 0.782. The van der Waals surface area contributed by atoms with E-state index in [1.54, 1.807) is 0 Å². The maximum atomic E-state index is 11.7. The Morgan fingerprint density at radius 2 is 2.05 bits per heavy atom. The Bertz CT molecular complexity index is 480. The largest absolute Gasteiger partial charge is 0.489 e. The normalized spacial score (nSPS) is 16.7. The van der Waals surface area contributed by atoms with E-state index in [1.807, 2.05) is 0 Å². The molecule has 1 aromatic rings. The van der Waals surface area contributed by atoms with Crippen molar-refractivity contribution in [2.75, 3.05) is 65.4 Å². The molecule has 2 heterocycles. The molecule has 0 radical (unpaired) electrons. The van der Waals surface area contributed by atoms with Gasteiger partial charge in [0.05, 0.1) is 13.4 Å². The number of rotatable bonds is 5. The van der Waals surface area contributed by atoms with E-state index in [0.29, 0.717) is 11.6 Å². The van der Waals surface area contributed by atoms with Crippen molar-refractivity contribution in [1.29, 1.82) is 0 Å². The fraction of sp³-hybridized carbons (Fsp3) is 0.692. The minimum absolute atomic E-state index is 0.229. The van der Waals surface area contributed by atoms with Crippen LogP contribution in [0.25, 0.3) is 0 Å². The number of ether oxygens (including phenoxy) is 1. The van der Waals surface area contributed by atoms with Crippen molar-refractivity contribution in [2.45, 2.75) is 0 Å². The van der Waals surface area contributed by atoms with Crippen LogP contribution in [-0.4, -0.2) is 80.2 Å². The van der Waals surface area contributed by atoms with Gasteiger partial charge in [-0.05, 0) is 14.1 Å². The highest BCUT2D eigenvalue weighted by Crippen LogP contribution is 2.21. The van der Waals surface area contributed by atoms with Crippen LogP contribution in [0.4, 0.5) is 5.82 Å². The van der Waals surface area contributed by atoms with Gasteiger partial charge in [0, 0.05) is 39.3 Å². The smallest absolute Gasteiger partial charge is 0.295 e. The molecule has 7 heteroatoms. The highest BCUT2D eigenvalue weighted by atomic mass is 16.5. The molecule has 0 spiro atoms. The standard InChI is InChI=1S/C13H23N5O2/c1-16(2)4-5-17-6-8-18(9-7-17)12-11(20-3)13(19)15-10-14-12/h10H,4-9H2,1-3H3,(H,14,15,19). The Balaban J connectivity index is 1.97. The summed E-state index contributed by atoms with van der Waals surface area (Å²) in [6, 6.07) is 0. The summed E-state index contributed by atoms with van der Waals surface area (Å²) in [7, 11) is 5.67. The van der Waals surface area contributed by atoms with Gasteiger partial charge in [0.15, 0.2) is 5.82 Å². The zero-order valence-corrected chi connectivity index (χ0v) is 12.4. The fourth-order valence-corrected chi connectivity index (χ4v) is 2.31. The predicted octanol–water partition coefficient (Wildman–Crippen LogP) is -0.538. The van der Waals surface area contributed by atoms with Gasteiger partial charge in [-0.25, -0.2) is 4.98 Å². The second-order valence-electron chi connectivity index (χ2n) is 5.22. The number of aromatic amines is 1. The lowest BCUT2D eigenvalue weighted by Gasteiger charge is -2.36. The van der Waals surface area contributed by atoms with Crippen molar-refractivity contribution in [1.82, 2.24) is 19.8 Å². The van der Waals surface area contributed by atoms with Crippen LogP contribution in [-0.2, 0) is 0 Å². The number of H-pyrrole nitrogens is 1. The van der Waals surface area contributed by atoms with Crippen LogP contribution < -0.4 is 15.2 Å². The van der Waals surface area contributed by atoms with Crippen LogP contribution in [0.3, 0.4) is 0 Å². The highest BCUT2D eigenvalue weighted by molar-refractivity contribution is 5.50. The van der Waals surface area contributed by atoms with E-state index in [-0.39, 0.29) is 5.56 Å². The first-order chi connectivity index (χ1) is 9.61. The van der Waals surface area contributed by atoms with E-state index in [2.05, 4.69) is 38.8 Å². The van der Waals surface area contributed by atoms with Gasteiger partial charge in [0.25, 0.3) is 5.56 Å². The molecule has 1 aliphatic heterocycles. The second-order valence-corrected chi connectivity index (χ2v) is 5.22. The van der Waals surface area contributed by atoms with Crippen molar-refractivity contribution in [3.05, 3.63) is 16.7 Å². The number of methoxy groups -OCH3 is 1. The molecule has 0 aliphatic carbocycles. The SMILES string of the molecule is COc1c(N2CCN(CCN(C)C)CC2)nc[nH]c1=O. The molecule has 7 nitrogen and oxygen atoms in total. The molecule has 0 bridgehead atoms. The zero-order valence-electron chi connectivity index (χ0n) is 12.4. The van der Waals surface area contributed by atoms with Crippen LogP contribution in [0.1, 0.15) is 0 Å². The van der Waals surface area contributed by atoms with Crippen molar-refractivity contribution in [3.63, 3.8) is 0 Å². The maximum absolute atomic E-state index is 11.7. The van der Waals surface area contributed by atoms with Gasteiger partial charge in [-0.2, -0.15) is 0 Å². The summed E-state index contributed by atoms with van der Waals surface area (Å²) in [4.78, 5) is 25.2. The van der Waals surface area contributed by atoms with Gasteiger partial charge in [0.1, 0.15) is 0 Å². The summed E-state index contributed by atoms with van der Waals surface area (Å²) in [5.74, 6) is 0.942. The van der Waals surface area contributed by atoms with E-state index in [9.17, 15) is 4.79 Å². The molecule has 1 aromatic heterocycles. The number of hydrogen-bond donors (Lipinski definition) is 1. The Labute approximate surface area is 119 Å². The average Bonchev–Trinajstić information content (AvgIpc) is 2.45. The van der Waals surface area contributed by atoms with Crippen LogP contribution in [0.15, 0.2) is 11.1 Å². The van der Waals surface area contributed by atoms with Crippen molar-refractivity contribution >= 4 is 5.82 Å². The molecule has 2 rings (SSSR count). The lowest BCUT2D eigenvalue weighted by molar-refractivity contribution is 0.228. The van der Waals surface area contributed by atoms with Crippen molar-refractivity contribution < 1.29 is 4.74 Å². The Morgan fingerprint density at radius 3 is 2.65 bits per heavy atom. The van der Waals surface area contributed by atoms with Crippen molar-refractivity contribution in [2.24, 2.45) is 0 Å². The number of nitrogens with one attached hydrogen (secondary N) is 1.